The van der Waals surface area contributed by atoms with Gasteiger partial charge in [0.2, 0.25) is 0 Å². The van der Waals surface area contributed by atoms with Crippen molar-refractivity contribution in [2.24, 2.45) is 17.8 Å². The summed E-state index contributed by atoms with van der Waals surface area (Å²) in [5.41, 5.74) is 0. The highest BCUT2D eigenvalue weighted by Gasteiger charge is 2.41. The monoisotopic (exact) mass is 291 g/mol. The molecule has 4 heteroatoms. The van der Waals surface area contributed by atoms with E-state index in [0.29, 0.717) is 12.8 Å². The first-order chi connectivity index (χ1) is 9.45. The van der Waals surface area contributed by atoms with Crippen LogP contribution < -0.4 is 5.32 Å². The summed E-state index contributed by atoms with van der Waals surface area (Å²) in [4.78, 5) is 0. The van der Waals surface area contributed by atoms with Crippen molar-refractivity contribution < 1.29 is 13.2 Å². The highest BCUT2D eigenvalue weighted by Crippen LogP contribution is 2.37. The molecule has 118 valence electrons. The normalized spacial score (nSPS) is 36.0. The third kappa shape index (κ3) is 4.94. The van der Waals surface area contributed by atoms with E-state index in [1.807, 2.05) is 0 Å². The molecule has 0 aromatic heterocycles. The van der Waals surface area contributed by atoms with Crippen LogP contribution in [0.15, 0.2) is 0 Å². The Morgan fingerprint density at radius 2 is 1.70 bits per heavy atom. The van der Waals surface area contributed by atoms with Gasteiger partial charge in [-0.2, -0.15) is 13.2 Å². The molecule has 1 nitrogen and oxygen atoms in total. The Bertz CT molecular complexity index is 282. The van der Waals surface area contributed by atoms with Crippen molar-refractivity contribution in [2.75, 3.05) is 6.54 Å². The van der Waals surface area contributed by atoms with E-state index in [-0.39, 0.29) is 12.5 Å². The zero-order chi connectivity index (χ0) is 14.6. The summed E-state index contributed by atoms with van der Waals surface area (Å²) < 4.78 is 38.2. The zero-order valence-corrected chi connectivity index (χ0v) is 12.5. The number of alkyl halides is 3. The summed E-state index contributed by atoms with van der Waals surface area (Å²) in [6.07, 6.45) is 4.62. The van der Waals surface area contributed by atoms with Crippen molar-refractivity contribution in [3.63, 3.8) is 0 Å². The van der Waals surface area contributed by atoms with Crippen LogP contribution in [0, 0.1) is 17.8 Å². The minimum Gasteiger partial charge on any atom is -0.314 e. The molecule has 2 aliphatic rings. The molecule has 0 spiro atoms. The molecule has 0 aromatic rings. The number of halogens is 3. The number of nitrogens with one attached hydrogen (secondary N) is 1. The van der Waals surface area contributed by atoms with Crippen LogP contribution >= 0.6 is 0 Å². The molecule has 0 bridgehead atoms. The van der Waals surface area contributed by atoms with Crippen LogP contribution in [0.4, 0.5) is 13.2 Å². The van der Waals surface area contributed by atoms with E-state index in [1.165, 1.54) is 25.7 Å². The highest BCUT2D eigenvalue weighted by molar-refractivity contribution is 4.82. The average Bonchev–Trinajstić information content (AvgIpc) is 2.40. The largest absolute Gasteiger partial charge is 0.391 e. The Morgan fingerprint density at radius 3 is 2.35 bits per heavy atom. The second-order valence-corrected chi connectivity index (χ2v) is 6.97. The lowest BCUT2D eigenvalue weighted by molar-refractivity contribution is -0.183. The lowest BCUT2D eigenvalue weighted by Crippen LogP contribution is -2.39. The molecule has 2 saturated carbocycles. The van der Waals surface area contributed by atoms with Crippen LogP contribution in [0.1, 0.15) is 64.7 Å². The standard InChI is InChI=1S/C16H28F3N/c1-12-5-7-13(8-6-12)9-10-20-15-4-2-3-14(11-15)16(17,18)19/h12-15,20H,2-11H2,1H3. The summed E-state index contributed by atoms with van der Waals surface area (Å²) in [6.45, 7) is 3.21. The lowest BCUT2D eigenvalue weighted by Gasteiger charge is -2.32. The summed E-state index contributed by atoms with van der Waals surface area (Å²) in [5.74, 6) is 0.579. The van der Waals surface area contributed by atoms with Crippen molar-refractivity contribution in [1.29, 1.82) is 0 Å². The van der Waals surface area contributed by atoms with Crippen LogP contribution in [0.3, 0.4) is 0 Å². The molecular formula is C16H28F3N. The molecule has 20 heavy (non-hydrogen) atoms. The van der Waals surface area contributed by atoms with Gasteiger partial charge in [0, 0.05) is 6.04 Å². The Hall–Kier alpha value is -0.250. The molecule has 1 N–H and O–H groups in total. The SMILES string of the molecule is CC1CCC(CCNC2CCCC(C(F)(F)F)C2)CC1. The van der Waals surface area contributed by atoms with E-state index >= 15 is 0 Å². The number of rotatable bonds is 4. The van der Waals surface area contributed by atoms with Gasteiger partial charge in [0.1, 0.15) is 0 Å². The zero-order valence-electron chi connectivity index (χ0n) is 12.5. The molecule has 0 heterocycles. The maximum absolute atomic E-state index is 12.7. The maximum Gasteiger partial charge on any atom is 0.391 e. The van der Waals surface area contributed by atoms with Crippen LogP contribution in [-0.2, 0) is 0 Å². The number of hydrogen-bond donors (Lipinski definition) is 1. The van der Waals surface area contributed by atoms with Crippen molar-refractivity contribution in [3.05, 3.63) is 0 Å². The molecule has 0 radical (unpaired) electrons. The van der Waals surface area contributed by atoms with Gasteiger partial charge in [0.15, 0.2) is 0 Å². The molecule has 0 aromatic carbocycles. The van der Waals surface area contributed by atoms with Gasteiger partial charge >= 0.3 is 6.18 Å². The third-order valence-corrected chi connectivity index (χ3v) is 5.26. The van der Waals surface area contributed by atoms with Gasteiger partial charge in [-0.1, -0.05) is 39.0 Å². The maximum atomic E-state index is 12.7. The molecule has 2 fully saturated rings. The third-order valence-electron chi connectivity index (χ3n) is 5.26. The van der Waals surface area contributed by atoms with Crippen molar-refractivity contribution in [2.45, 2.75) is 76.9 Å². The fourth-order valence-electron chi connectivity index (χ4n) is 3.78. The Balaban J connectivity index is 1.64. The topological polar surface area (TPSA) is 12.0 Å². The molecule has 0 saturated heterocycles. The van der Waals surface area contributed by atoms with Gasteiger partial charge < -0.3 is 5.32 Å². The Kier molecular flexibility index (Phi) is 5.76. The minimum absolute atomic E-state index is 0.0814. The molecule has 2 unspecified atom stereocenters. The van der Waals surface area contributed by atoms with Gasteiger partial charge in [-0.05, 0) is 44.1 Å². The van der Waals surface area contributed by atoms with Gasteiger partial charge in [-0.3, -0.25) is 0 Å². The predicted octanol–water partition coefficient (Wildman–Crippen LogP) is 4.91. The van der Waals surface area contributed by atoms with Gasteiger partial charge in [-0.15, -0.1) is 0 Å². The smallest absolute Gasteiger partial charge is 0.314 e. The van der Waals surface area contributed by atoms with E-state index in [2.05, 4.69) is 12.2 Å². The van der Waals surface area contributed by atoms with Crippen LogP contribution in [0.25, 0.3) is 0 Å². The highest BCUT2D eigenvalue weighted by atomic mass is 19.4. The van der Waals surface area contributed by atoms with Crippen LogP contribution in [0.5, 0.6) is 0 Å². The number of hydrogen-bond acceptors (Lipinski definition) is 1. The van der Waals surface area contributed by atoms with Crippen molar-refractivity contribution in [3.8, 4) is 0 Å². The quantitative estimate of drug-likeness (QED) is 0.775. The van der Waals surface area contributed by atoms with E-state index in [9.17, 15) is 13.2 Å². The first-order valence-corrected chi connectivity index (χ1v) is 8.25. The van der Waals surface area contributed by atoms with E-state index in [1.54, 1.807) is 0 Å². The van der Waals surface area contributed by atoms with E-state index in [4.69, 9.17) is 0 Å². The van der Waals surface area contributed by atoms with E-state index in [0.717, 1.165) is 31.2 Å². The second-order valence-electron chi connectivity index (χ2n) is 6.97. The average molecular weight is 291 g/mol. The molecule has 2 rings (SSSR count). The fourth-order valence-corrected chi connectivity index (χ4v) is 3.78. The molecule has 0 aliphatic heterocycles. The van der Waals surface area contributed by atoms with Gasteiger partial charge in [0.25, 0.3) is 0 Å². The predicted molar refractivity (Wildman–Crippen MR) is 75.5 cm³/mol. The molecule has 0 amide bonds. The Labute approximate surface area is 120 Å². The lowest BCUT2D eigenvalue weighted by atomic mass is 9.81. The summed E-state index contributed by atoms with van der Waals surface area (Å²) in [6, 6.07) is 0.0814. The molecular weight excluding hydrogens is 263 g/mol. The first kappa shape index (κ1) is 16.1. The summed E-state index contributed by atoms with van der Waals surface area (Å²) >= 11 is 0. The van der Waals surface area contributed by atoms with Crippen molar-refractivity contribution >= 4 is 0 Å². The Morgan fingerprint density at radius 1 is 1.00 bits per heavy atom. The van der Waals surface area contributed by atoms with Gasteiger partial charge in [0.05, 0.1) is 5.92 Å². The van der Waals surface area contributed by atoms with Crippen LogP contribution in [-0.4, -0.2) is 18.8 Å². The molecule has 2 aliphatic carbocycles. The fraction of sp³-hybridized carbons (Fsp3) is 1.00. The second kappa shape index (κ2) is 7.15. The first-order valence-electron chi connectivity index (χ1n) is 8.25. The van der Waals surface area contributed by atoms with Crippen LogP contribution in [0.2, 0.25) is 0 Å². The summed E-state index contributed by atoms with van der Waals surface area (Å²) in [7, 11) is 0. The van der Waals surface area contributed by atoms with Crippen molar-refractivity contribution in [1.82, 2.24) is 5.32 Å². The summed E-state index contributed by atoms with van der Waals surface area (Å²) in [5, 5.41) is 3.38. The van der Waals surface area contributed by atoms with Gasteiger partial charge in [-0.25, -0.2) is 0 Å². The molecule has 2 atom stereocenters. The van der Waals surface area contributed by atoms with E-state index < -0.39 is 12.1 Å². The minimum atomic E-state index is -4.00.